The lowest BCUT2D eigenvalue weighted by Gasteiger charge is -2.28. The Kier molecular flexibility index (Phi) is 5.39. The molecule has 2 atom stereocenters. The summed E-state index contributed by atoms with van der Waals surface area (Å²) in [5.74, 6) is 0. The summed E-state index contributed by atoms with van der Waals surface area (Å²) in [4.78, 5) is 6.76. The van der Waals surface area contributed by atoms with E-state index in [0.717, 1.165) is 23.9 Å². The van der Waals surface area contributed by atoms with Gasteiger partial charge in [0.15, 0.2) is 5.11 Å². The summed E-state index contributed by atoms with van der Waals surface area (Å²) in [6.45, 7) is 8.33. The number of aliphatic hydroxyl groups excluding tert-OH is 1. The molecule has 0 radical (unpaired) electrons. The minimum Gasteiger partial charge on any atom is -0.396 e. The number of nitrogens with one attached hydrogen (secondary N) is 1. The van der Waals surface area contributed by atoms with Gasteiger partial charge in [0.25, 0.3) is 0 Å². The molecule has 25 heavy (non-hydrogen) atoms. The van der Waals surface area contributed by atoms with Gasteiger partial charge in [-0.25, -0.2) is 0 Å². The SMILES string of the molecule is CCn1c(C)cc([C@@H]2[C@@H](c3ccccn3)NC(=S)N2CCCO)c1C. The fourth-order valence-corrected chi connectivity index (χ4v) is 4.17. The van der Waals surface area contributed by atoms with E-state index in [2.05, 4.69) is 46.6 Å². The third-order valence-electron chi connectivity index (χ3n) is 5.00. The van der Waals surface area contributed by atoms with Crippen molar-refractivity contribution in [3.63, 3.8) is 0 Å². The Bertz CT molecular complexity index is 743. The van der Waals surface area contributed by atoms with Crippen LogP contribution in [0.3, 0.4) is 0 Å². The molecule has 1 fully saturated rings. The molecule has 1 aliphatic rings. The van der Waals surface area contributed by atoms with Gasteiger partial charge in [0.05, 0.1) is 17.8 Å². The highest BCUT2D eigenvalue weighted by Crippen LogP contribution is 2.40. The highest BCUT2D eigenvalue weighted by molar-refractivity contribution is 7.80. The molecule has 6 heteroatoms. The zero-order valence-corrected chi connectivity index (χ0v) is 15.9. The van der Waals surface area contributed by atoms with E-state index in [-0.39, 0.29) is 18.7 Å². The average Bonchev–Trinajstić information content (AvgIpc) is 3.09. The van der Waals surface area contributed by atoms with E-state index in [4.69, 9.17) is 12.2 Å². The molecule has 2 N–H and O–H groups in total. The van der Waals surface area contributed by atoms with Crippen molar-refractivity contribution < 1.29 is 5.11 Å². The van der Waals surface area contributed by atoms with Crippen LogP contribution in [-0.2, 0) is 6.54 Å². The number of hydrogen-bond donors (Lipinski definition) is 2. The molecule has 2 aromatic rings. The maximum atomic E-state index is 9.29. The van der Waals surface area contributed by atoms with Crippen LogP contribution in [0.1, 0.15) is 48.1 Å². The molecule has 3 rings (SSSR count). The van der Waals surface area contributed by atoms with Crippen molar-refractivity contribution in [3.05, 3.63) is 53.1 Å². The lowest BCUT2D eigenvalue weighted by molar-refractivity contribution is 0.247. The van der Waals surface area contributed by atoms with Gasteiger partial charge < -0.3 is 19.9 Å². The third kappa shape index (κ3) is 3.28. The Labute approximate surface area is 154 Å². The largest absolute Gasteiger partial charge is 0.396 e. The van der Waals surface area contributed by atoms with Gasteiger partial charge in [-0.15, -0.1) is 0 Å². The summed E-state index contributed by atoms with van der Waals surface area (Å²) < 4.78 is 2.33. The first-order chi connectivity index (χ1) is 12.1. The molecule has 134 valence electrons. The summed E-state index contributed by atoms with van der Waals surface area (Å²) in [6.07, 6.45) is 2.52. The number of pyridine rings is 1. The second kappa shape index (κ2) is 7.54. The van der Waals surface area contributed by atoms with Crippen LogP contribution >= 0.6 is 12.2 Å². The standard InChI is InChI=1S/C19H26N4OS/c1-4-22-13(2)12-15(14(22)3)18-17(16-8-5-6-9-20-16)21-19(25)23(18)10-7-11-24/h5-6,8-9,12,17-18,24H,4,7,10-11H2,1-3H3,(H,21,25)/t17-,18-/m1/s1. The normalized spacial score (nSPS) is 20.2. The van der Waals surface area contributed by atoms with Gasteiger partial charge in [-0.1, -0.05) is 6.07 Å². The topological polar surface area (TPSA) is 53.3 Å². The van der Waals surface area contributed by atoms with Crippen LogP contribution in [0.15, 0.2) is 30.5 Å². The van der Waals surface area contributed by atoms with Crippen LogP contribution < -0.4 is 5.32 Å². The molecule has 0 bridgehead atoms. The zero-order chi connectivity index (χ0) is 18.0. The zero-order valence-electron chi connectivity index (χ0n) is 15.1. The van der Waals surface area contributed by atoms with E-state index in [1.807, 2.05) is 24.4 Å². The van der Waals surface area contributed by atoms with Crippen molar-refractivity contribution in [1.82, 2.24) is 19.8 Å². The van der Waals surface area contributed by atoms with Gasteiger partial charge in [-0.2, -0.15) is 0 Å². The van der Waals surface area contributed by atoms with Crippen molar-refractivity contribution in [2.75, 3.05) is 13.2 Å². The van der Waals surface area contributed by atoms with Gasteiger partial charge in [0.2, 0.25) is 0 Å². The number of rotatable bonds is 6. The Morgan fingerprint density at radius 2 is 2.12 bits per heavy atom. The first-order valence-electron chi connectivity index (χ1n) is 8.84. The molecule has 0 spiro atoms. The molecule has 0 amide bonds. The maximum absolute atomic E-state index is 9.29. The van der Waals surface area contributed by atoms with Gasteiger partial charge in [-0.05, 0) is 63.2 Å². The van der Waals surface area contributed by atoms with Crippen LogP contribution in [-0.4, -0.2) is 37.8 Å². The second-order valence-electron chi connectivity index (χ2n) is 6.47. The number of aryl methyl sites for hydroxylation is 1. The summed E-state index contributed by atoms with van der Waals surface area (Å²) >= 11 is 5.62. The minimum atomic E-state index is 0.0122. The van der Waals surface area contributed by atoms with Crippen molar-refractivity contribution >= 4 is 17.3 Å². The molecular formula is C19H26N4OS. The fourth-order valence-electron chi connectivity index (χ4n) is 3.84. The summed E-state index contributed by atoms with van der Waals surface area (Å²) in [7, 11) is 0. The molecular weight excluding hydrogens is 332 g/mol. The number of aromatic nitrogens is 2. The summed E-state index contributed by atoms with van der Waals surface area (Å²) in [5, 5.41) is 13.5. The van der Waals surface area contributed by atoms with Crippen molar-refractivity contribution in [1.29, 1.82) is 0 Å². The van der Waals surface area contributed by atoms with Crippen molar-refractivity contribution in [3.8, 4) is 0 Å². The summed E-state index contributed by atoms with van der Waals surface area (Å²) in [6, 6.07) is 8.34. The molecule has 5 nitrogen and oxygen atoms in total. The lowest BCUT2D eigenvalue weighted by Crippen LogP contribution is -2.31. The predicted octanol–water partition coefficient (Wildman–Crippen LogP) is 2.87. The van der Waals surface area contributed by atoms with E-state index >= 15 is 0 Å². The van der Waals surface area contributed by atoms with Crippen molar-refractivity contribution in [2.24, 2.45) is 0 Å². The lowest BCUT2D eigenvalue weighted by atomic mass is 9.96. The molecule has 2 aromatic heterocycles. The Hall–Kier alpha value is -1.92. The summed E-state index contributed by atoms with van der Waals surface area (Å²) in [5.41, 5.74) is 4.80. The predicted molar refractivity (Wildman–Crippen MR) is 103 cm³/mol. The Balaban J connectivity index is 2.06. The number of thiocarbonyl (C=S) groups is 1. The minimum absolute atomic E-state index is 0.0122. The monoisotopic (exact) mass is 358 g/mol. The second-order valence-corrected chi connectivity index (χ2v) is 6.85. The van der Waals surface area contributed by atoms with Crippen LogP contribution in [0.25, 0.3) is 0 Å². The molecule has 3 heterocycles. The van der Waals surface area contributed by atoms with E-state index in [1.54, 1.807) is 0 Å². The third-order valence-corrected chi connectivity index (χ3v) is 5.35. The van der Waals surface area contributed by atoms with Crippen LogP contribution in [0.5, 0.6) is 0 Å². The van der Waals surface area contributed by atoms with Crippen LogP contribution in [0.2, 0.25) is 0 Å². The average molecular weight is 359 g/mol. The van der Waals surface area contributed by atoms with Gasteiger partial charge >= 0.3 is 0 Å². The van der Waals surface area contributed by atoms with E-state index in [1.165, 1.54) is 17.0 Å². The number of aliphatic hydroxyl groups is 1. The fraction of sp³-hybridized carbons (Fsp3) is 0.474. The smallest absolute Gasteiger partial charge is 0.170 e. The van der Waals surface area contributed by atoms with Crippen molar-refractivity contribution in [2.45, 2.75) is 45.8 Å². The van der Waals surface area contributed by atoms with Gasteiger partial charge in [-0.3, -0.25) is 4.98 Å². The molecule has 0 saturated carbocycles. The van der Waals surface area contributed by atoms with E-state index in [0.29, 0.717) is 6.42 Å². The highest BCUT2D eigenvalue weighted by atomic mass is 32.1. The highest BCUT2D eigenvalue weighted by Gasteiger charge is 2.40. The molecule has 0 unspecified atom stereocenters. The maximum Gasteiger partial charge on any atom is 0.170 e. The number of nitrogens with zero attached hydrogens (tertiary/aromatic N) is 3. The quantitative estimate of drug-likeness (QED) is 0.778. The molecule has 0 aliphatic carbocycles. The molecule has 1 saturated heterocycles. The number of hydrogen-bond acceptors (Lipinski definition) is 3. The van der Waals surface area contributed by atoms with Gasteiger partial charge in [0.1, 0.15) is 0 Å². The Morgan fingerprint density at radius 3 is 2.72 bits per heavy atom. The van der Waals surface area contributed by atoms with E-state index in [9.17, 15) is 5.11 Å². The first-order valence-corrected chi connectivity index (χ1v) is 9.24. The molecule has 1 aliphatic heterocycles. The van der Waals surface area contributed by atoms with Gasteiger partial charge in [0, 0.05) is 37.3 Å². The van der Waals surface area contributed by atoms with Crippen LogP contribution in [0, 0.1) is 13.8 Å². The first kappa shape index (κ1) is 17.9. The van der Waals surface area contributed by atoms with E-state index < -0.39 is 0 Å². The van der Waals surface area contributed by atoms with Crippen LogP contribution in [0.4, 0.5) is 0 Å². The Morgan fingerprint density at radius 1 is 1.32 bits per heavy atom. The molecule has 0 aromatic carbocycles.